The number of unbranched alkanes of at least 4 members (excludes halogenated alkanes) is 1. The fourth-order valence-electron chi connectivity index (χ4n) is 1.23. The number of hydrogen-bond donors (Lipinski definition) is 2. The fraction of sp³-hybridized carbons (Fsp3) is 0.556. The molecule has 74 valence electrons. The van der Waals surface area contributed by atoms with Crippen LogP contribution in [0.2, 0.25) is 0 Å². The van der Waals surface area contributed by atoms with Crippen molar-refractivity contribution in [2.75, 3.05) is 0 Å². The van der Waals surface area contributed by atoms with E-state index in [1.54, 1.807) is 11.3 Å². The lowest BCUT2D eigenvalue weighted by molar-refractivity contribution is 0.502. The number of thiophene rings is 1. The summed E-state index contributed by atoms with van der Waals surface area (Å²) in [5, 5.41) is 2.09. The van der Waals surface area contributed by atoms with Gasteiger partial charge in [-0.15, -0.1) is 11.3 Å². The lowest BCUT2D eigenvalue weighted by Crippen LogP contribution is -2.27. The third-order valence-electron chi connectivity index (χ3n) is 1.98. The summed E-state index contributed by atoms with van der Waals surface area (Å²) in [7, 11) is 0. The highest BCUT2D eigenvalue weighted by atomic mass is 79.9. The second-order valence-electron chi connectivity index (χ2n) is 3.03. The zero-order chi connectivity index (χ0) is 9.68. The van der Waals surface area contributed by atoms with Crippen LogP contribution >= 0.6 is 27.3 Å². The molecule has 0 amide bonds. The number of rotatable bonds is 5. The Morgan fingerprint density at radius 2 is 2.46 bits per heavy atom. The van der Waals surface area contributed by atoms with Gasteiger partial charge in [0.25, 0.3) is 0 Å². The van der Waals surface area contributed by atoms with Crippen LogP contribution in [-0.4, -0.2) is 0 Å². The summed E-state index contributed by atoms with van der Waals surface area (Å²) < 4.78 is 1.14. The van der Waals surface area contributed by atoms with Crippen molar-refractivity contribution in [2.45, 2.75) is 32.2 Å². The molecular formula is C9H15BrN2S. The standard InChI is InChI=1S/C9H15BrN2S/c1-2-3-4-8(12-11)9-5-7(10)6-13-9/h5-6,8,12H,2-4,11H2,1H3. The van der Waals surface area contributed by atoms with Gasteiger partial charge in [-0.05, 0) is 28.4 Å². The van der Waals surface area contributed by atoms with E-state index < -0.39 is 0 Å². The molecule has 0 spiro atoms. The van der Waals surface area contributed by atoms with Crippen LogP contribution in [0.3, 0.4) is 0 Å². The van der Waals surface area contributed by atoms with Crippen LogP contribution in [0, 0.1) is 0 Å². The first-order valence-corrected chi connectivity index (χ1v) is 6.15. The van der Waals surface area contributed by atoms with Gasteiger partial charge in [0, 0.05) is 14.7 Å². The SMILES string of the molecule is CCCCC(NN)c1cc(Br)cs1. The van der Waals surface area contributed by atoms with Crippen LogP contribution in [0.1, 0.15) is 37.1 Å². The third kappa shape index (κ3) is 3.38. The molecule has 4 heteroatoms. The summed E-state index contributed by atoms with van der Waals surface area (Å²) in [5.74, 6) is 5.50. The Morgan fingerprint density at radius 1 is 1.69 bits per heavy atom. The molecule has 1 aromatic heterocycles. The quantitative estimate of drug-likeness (QED) is 0.632. The van der Waals surface area contributed by atoms with Crippen molar-refractivity contribution >= 4 is 27.3 Å². The summed E-state index contributed by atoms with van der Waals surface area (Å²) in [4.78, 5) is 1.31. The minimum absolute atomic E-state index is 0.316. The maximum Gasteiger partial charge on any atom is 0.0553 e. The van der Waals surface area contributed by atoms with E-state index in [9.17, 15) is 0 Å². The maximum absolute atomic E-state index is 5.50. The Bertz CT molecular complexity index is 250. The molecule has 0 aliphatic carbocycles. The van der Waals surface area contributed by atoms with Gasteiger partial charge in [0.05, 0.1) is 6.04 Å². The van der Waals surface area contributed by atoms with Gasteiger partial charge in [-0.1, -0.05) is 19.8 Å². The number of hydrazine groups is 1. The smallest absolute Gasteiger partial charge is 0.0553 e. The first kappa shape index (κ1) is 11.2. The third-order valence-corrected chi connectivity index (χ3v) is 3.79. The van der Waals surface area contributed by atoms with Gasteiger partial charge in [0.2, 0.25) is 0 Å². The highest BCUT2D eigenvalue weighted by molar-refractivity contribution is 9.10. The molecule has 1 rings (SSSR count). The highest BCUT2D eigenvalue weighted by Crippen LogP contribution is 2.27. The lowest BCUT2D eigenvalue weighted by Gasteiger charge is -2.12. The van der Waals surface area contributed by atoms with E-state index in [-0.39, 0.29) is 0 Å². The van der Waals surface area contributed by atoms with Crippen molar-refractivity contribution in [2.24, 2.45) is 5.84 Å². The average Bonchev–Trinajstić information content (AvgIpc) is 2.54. The topological polar surface area (TPSA) is 38.0 Å². The van der Waals surface area contributed by atoms with Gasteiger partial charge >= 0.3 is 0 Å². The van der Waals surface area contributed by atoms with E-state index in [2.05, 4.69) is 39.7 Å². The molecule has 2 nitrogen and oxygen atoms in total. The Labute approximate surface area is 91.6 Å². The number of nitrogens with two attached hydrogens (primary N) is 1. The Kier molecular flexibility index (Phi) is 4.94. The molecule has 1 atom stereocenters. The fourth-order valence-corrected chi connectivity index (χ4v) is 2.77. The average molecular weight is 263 g/mol. The minimum atomic E-state index is 0.316. The van der Waals surface area contributed by atoms with Crippen LogP contribution in [-0.2, 0) is 0 Å². The van der Waals surface area contributed by atoms with Crippen molar-refractivity contribution in [1.29, 1.82) is 0 Å². The second kappa shape index (κ2) is 5.75. The van der Waals surface area contributed by atoms with Gasteiger partial charge in [0.15, 0.2) is 0 Å². The van der Waals surface area contributed by atoms with E-state index in [4.69, 9.17) is 5.84 Å². The van der Waals surface area contributed by atoms with Crippen LogP contribution < -0.4 is 11.3 Å². The molecule has 0 aliphatic rings. The van der Waals surface area contributed by atoms with Gasteiger partial charge in [-0.3, -0.25) is 11.3 Å². The number of hydrogen-bond acceptors (Lipinski definition) is 3. The van der Waals surface area contributed by atoms with Crippen LogP contribution in [0.4, 0.5) is 0 Å². The summed E-state index contributed by atoms with van der Waals surface area (Å²) in [6.45, 7) is 2.19. The summed E-state index contributed by atoms with van der Waals surface area (Å²) in [6, 6.07) is 2.45. The number of nitrogens with one attached hydrogen (secondary N) is 1. The van der Waals surface area contributed by atoms with E-state index in [0.29, 0.717) is 6.04 Å². The van der Waals surface area contributed by atoms with Crippen molar-refractivity contribution in [3.05, 3.63) is 20.8 Å². The van der Waals surface area contributed by atoms with Gasteiger partial charge in [-0.2, -0.15) is 0 Å². The Morgan fingerprint density at radius 3 is 2.92 bits per heavy atom. The zero-order valence-corrected chi connectivity index (χ0v) is 10.1. The van der Waals surface area contributed by atoms with E-state index in [1.807, 2.05) is 0 Å². The highest BCUT2D eigenvalue weighted by Gasteiger charge is 2.10. The molecule has 0 fully saturated rings. The van der Waals surface area contributed by atoms with Crippen LogP contribution in [0.25, 0.3) is 0 Å². The normalized spacial score (nSPS) is 13.2. The molecule has 0 bridgehead atoms. The molecule has 0 aliphatic heterocycles. The molecule has 1 unspecified atom stereocenters. The molecule has 1 heterocycles. The number of halogens is 1. The predicted molar refractivity (Wildman–Crippen MR) is 61.6 cm³/mol. The lowest BCUT2D eigenvalue weighted by atomic mass is 10.1. The van der Waals surface area contributed by atoms with Gasteiger partial charge < -0.3 is 0 Å². The molecular weight excluding hydrogens is 248 g/mol. The summed E-state index contributed by atoms with van der Waals surface area (Å²) in [6.07, 6.45) is 3.54. The van der Waals surface area contributed by atoms with Crippen molar-refractivity contribution < 1.29 is 0 Å². The predicted octanol–water partition coefficient (Wildman–Crippen LogP) is 3.21. The van der Waals surface area contributed by atoms with Gasteiger partial charge in [-0.25, -0.2) is 0 Å². The molecule has 0 radical (unpaired) electrons. The van der Waals surface area contributed by atoms with Crippen molar-refractivity contribution in [3.63, 3.8) is 0 Å². The monoisotopic (exact) mass is 262 g/mol. The first-order chi connectivity index (χ1) is 6.27. The van der Waals surface area contributed by atoms with E-state index in [1.165, 1.54) is 17.7 Å². The Balaban J connectivity index is 2.56. The molecule has 0 saturated heterocycles. The minimum Gasteiger partial charge on any atom is -0.271 e. The van der Waals surface area contributed by atoms with Crippen LogP contribution in [0.15, 0.2) is 15.9 Å². The molecule has 0 saturated carbocycles. The molecule has 13 heavy (non-hydrogen) atoms. The Hall–Kier alpha value is 0.1000. The van der Waals surface area contributed by atoms with Crippen molar-refractivity contribution in [1.82, 2.24) is 5.43 Å². The second-order valence-corrected chi connectivity index (χ2v) is 4.89. The largest absolute Gasteiger partial charge is 0.271 e. The van der Waals surface area contributed by atoms with Gasteiger partial charge in [0.1, 0.15) is 0 Å². The molecule has 3 N–H and O–H groups in total. The summed E-state index contributed by atoms with van der Waals surface area (Å²) in [5.41, 5.74) is 2.86. The first-order valence-electron chi connectivity index (χ1n) is 4.48. The van der Waals surface area contributed by atoms with E-state index >= 15 is 0 Å². The molecule has 1 aromatic rings. The van der Waals surface area contributed by atoms with Crippen molar-refractivity contribution in [3.8, 4) is 0 Å². The van der Waals surface area contributed by atoms with E-state index in [0.717, 1.165) is 10.9 Å². The summed E-state index contributed by atoms with van der Waals surface area (Å²) >= 11 is 5.18. The maximum atomic E-state index is 5.50. The zero-order valence-electron chi connectivity index (χ0n) is 7.72. The molecule has 0 aromatic carbocycles. The van der Waals surface area contributed by atoms with Crippen LogP contribution in [0.5, 0.6) is 0 Å².